The maximum atomic E-state index is 5.32. The Kier molecular flexibility index (Phi) is 42.2. The summed E-state index contributed by atoms with van der Waals surface area (Å²) in [6, 6.07) is 3.67. The van der Waals surface area contributed by atoms with E-state index in [2.05, 4.69) is 51.5 Å². The van der Waals surface area contributed by atoms with Gasteiger partial charge in [-0.3, -0.25) is 0 Å². The van der Waals surface area contributed by atoms with Gasteiger partial charge in [-0.2, -0.15) is 0 Å². The fraction of sp³-hybridized carbons (Fsp3) is 0.778. The molecular formula is C36H73ClN4Sn2. The van der Waals surface area contributed by atoms with E-state index in [4.69, 9.17) is 21.6 Å². The minimum Gasteiger partial charge on any atom is -0.227 e. The van der Waals surface area contributed by atoms with Crippen LogP contribution in [0.25, 0.3) is 0 Å². The molecule has 0 saturated heterocycles. The Bertz CT molecular complexity index is 713. The van der Waals surface area contributed by atoms with E-state index in [1.54, 1.807) is 31.8 Å². The van der Waals surface area contributed by atoms with E-state index in [1.165, 1.54) is 94.2 Å². The number of halogens is 1. The van der Waals surface area contributed by atoms with Crippen molar-refractivity contribution in [3.05, 3.63) is 42.2 Å². The summed E-state index contributed by atoms with van der Waals surface area (Å²) in [5.74, 6) is 0. The van der Waals surface area contributed by atoms with E-state index in [1.807, 2.05) is 46.2 Å². The van der Waals surface area contributed by atoms with Gasteiger partial charge in [-0.25, -0.2) is 9.97 Å². The van der Waals surface area contributed by atoms with Crippen molar-refractivity contribution < 1.29 is 0 Å². The quantitative estimate of drug-likeness (QED) is 0.104. The van der Waals surface area contributed by atoms with E-state index < -0.39 is 38.1 Å². The van der Waals surface area contributed by atoms with Crippen LogP contribution in [0, 0.1) is 0 Å². The maximum absolute atomic E-state index is 5.32. The monoisotopic (exact) mass is 836 g/mol. The van der Waals surface area contributed by atoms with Crippen LogP contribution in [0.1, 0.15) is 146 Å². The van der Waals surface area contributed by atoms with Crippen LogP contribution in [-0.2, 0) is 0 Å². The molecule has 0 aliphatic carbocycles. The predicted octanol–water partition coefficient (Wildman–Crippen LogP) is 12.3. The first-order chi connectivity index (χ1) is 21.0. The summed E-state index contributed by atoms with van der Waals surface area (Å²) in [5.41, 5.74) is 0. The first-order valence-electron chi connectivity index (χ1n) is 18.2. The Balaban J connectivity index is -0.000000574. The van der Waals surface area contributed by atoms with Gasteiger partial charge in [0.05, 0.1) is 0 Å². The third kappa shape index (κ3) is 28.0. The smallest absolute Gasteiger partial charge is 0.222 e. The number of unbranched alkanes of at least 4 members (excludes halogenated alkanes) is 6. The molecule has 2 aromatic rings. The molecule has 0 bridgehead atoms. The second kappa shape index (κ2) is 38.2. The van der Waals surface area contributed by atoms with Crippen molar-refractivity contribution in [1.82, 2.24) is 19.9 Å². The molecule has 0 aromatic carbocycles. The van der Waals surface area contributed by atoms with Crippen molar-refractivity contribution in [3.8, 4) is 0 Å². The molecule has 2 aromatic heterocycles. The zero-order chi connectivity index (χ0) is 33.0. The summed E-state index contributed by atoms with van der Waals surface area (Å²) >= 11 is 2.03. The Hall–Kier alpha value is 0.0474. The molecule has 0 amide bonds. The molecule has 0 N–H and O–H groups in total. The van der Waals surface area contributed by atoms with Crippen LogP contribution >= 0.6 is 11.6 Å². The fourth-order valence-corrected chi connectivity index (χ4v) is 30.9. The topological polar surface area (TPSA) is 51.6 Å². The predicted molar refractivity (Wildman–Crippen MR) is 203 cm³/mol. The van der Waals surface area contributed by atoms with E-state index in [9.17, 15) is 0 Å². The van der Waals surface area contributed by atoms with Gasteiger partial charge in [-0.05, 0) is 17.7 Å². The standard InChI is InChI=1S/C4H3ClN2.C4H3N2.6C4H9.2C2H6.2Sn.H/c5-4-6-2-1-3-7-4;1-2-5-4-6-3-1;6*1-3-4-2;2*1-2;;;/h1-3H;1-3H;6*1,3-4H2,2H3;2*1-2H3;;;. The van der Waals surface area contributed by atoms with Crippen molar-refractivity contribution >= 4 is 53.6 Å². The molecular weight excluding hydrogens is 761 g/mol. The van der Waals surface area contributed by atoms with Crippen molar-refractivity contribution in [3.63, 3.8) is 0 Å². The van der Waals surface area contributed by atoms with Gasteiger partial charge in [0, 0.05) is 12.4 Å². The molecule has 0 radical (unpaired) electrons. The fourth-order valence-electron chi connectivity index (χ4n) is 5.02. The first-order valence-corrected chi connectivity index (χ1v) is 33.1. The summed E-state index contributed by atoms with van der Waals surface area (Å²) in [6.07, 6.45) is 24.0. The number of nitrogens with zero attached hydrogens (tertiary/aromatic N) is 4. The van der Waals surface area contributed by atoms with Crippen LogP contribution in [-0.4, -0.2) is 58.1 Å². The summed E-state index contributed by atoms with van der Waals surface area (Å²) in [6.45, 7) is 21.9. The van der Waals surface area contributed by atoms with Crippen LogP contribution in [0.3, 0.4) is 0 Å². The average molecular weight is 835 g/mol. The maximum Gasteiger partial charge on any atom is 0.222 e. The van der Waals surface area contributed by atoms with Gasteiger partial charge in [-0.1, -0.05) is 27.7 Å². The van der Waals surface area contributed by atoms with E-state index >= 15 is 0 Å². The van der Waals surface area contributed by atoms with E-state index in [0.29, 0.717) is 5.28 Å². The van der Waals surface area contributed by atoms with Crippen LogP contribution in [0.5, 0.6) is 0 Å². The van der Waals surface area contributed by atoms with Gasteiger partial charge < -0.3 is 0 Å². The molecule has 0 saturated carbocycles. The number of aromatic nitrogens is 4. The van der Waals surface area contributed by atoms with Crippen molar-refractivity contribution in [1.29, 1.82) is 0 Å². The molecule has 0 atom stereocenters. The summed E-state index contributed by atoms with van der Waals surface area (Å²) in [7, 11) is 0. The van der Waals surface area contributed by atoms with E-state index in [-0.39, 0.29) is 0 Å². The molecule has 4 nitrogen and oxygen atoms in total. The molecule has 252 valence electrons. The van der Waals surface area contributed by atoms with E-state index in [0.717, 1.165) is 0 Å². The molecule has 0 spiro atoms. The first kappa shape index (κ1) is 47.5. The molecule has 0 fully saturated rings. The van der Waals surface area contributed by atoms with Gasteiger partial charge in [0.25, 0.3) is 0 Å². The van der Waals surface area contributed by atoms with Crippen molar-refractivity contribution in [2.75, 3.05) is 0 Å². The van der Waals surface area contributed by atoms with Gasteiger partial charge >= 0.3 is 216 Å². The molecule has 0 aliphatic heterocycles. The van der Waals surface area contributed by atoms with Gasteiger partial charge in [0.1, 0.15) is 0 Å². The number of rotatable bonds is 19. The SMILES string of the molecule is CC.CC.CCC[CH2][SnH]([CH2]CCC)[CH2]CCC.CCC[CH2][Sn]([CH2]CCC)([CH2]CCC)[c]1ncccn1.Clc1ncccn1. The molecule has 0 unspecified atom stereocenters. The Morgan fingerprint density at radius 1 is 0.512 bits per heavy atom. The molecule has 2 heterocycles. The average Bonchev–Trinajstić information content (AvgIpc) is 3.07. The minimum atomic E-state index is -2.32. The Labute approximate surface area is 286 Å². The van der Waals surface area contributed by atoms with Crippen LogP contribution in [0.4, 0.5) is 0 Å². The normalized spacial score (nSPS) is 10.2. The number of hydrogen-bond acceptors (Lipinski definition) is 4. The third-order valence-electron chi connectivity index (χ3n) is 7.50. The minimum absolute atomic E-state index is 0.294. The van der Waals surface area contributed by atoms with Crippen LogP contribution < -0.4 is 3.84 Å². The Morgan fingerprint density at radius 2 is 0.814 bits per heavy atom. The number of hydrogen-bond donors (Lipinski definition) is 0. The third-order valence-corrected chi connectivity index (χ3v) is 32.8. The summed E-state index contributed by atoms with van der Waals surface area (Å²) < 4.78 is 10.7. The molecule has 0 aliphatic rings. The summed E-state index contributed by atoms with van der Waals surface area (Å²) in [5, 5.41) is 0.294. The second-order valence-electron chi connectivity index (χ2n) is 11.0. The molecule has 43 heavy (non-hydrogen) atoms. The molecule has 2 rings (SSSR count). The van der Waals surface area contributed by atoms with Crippen molar-refractivity contribution in [2.45, 2.75) is 173 Å². The van der Waals surface area contributed by atoms with Gasteiger partial charge in [-0.15, -0.1) is 0 Å². The molecule has 7 heteroatoms. The van der Waals surface area contributed by atoms with Crippen LogP contribution in [0.15, 0.2) is 36.9 Å². The van der Waals surface area contributed by atoms with Gasteiger partial charge in [0.15, 0.2) is 0 Å². The summed E-state index contributed by atoms with van der Waals surface area (Å²) in [4.78, 5) is 16.7. The zero-order valence-corrected chi connectivity index (χ0v) is 37.3. The largest absolute Gasteiger partial charge is 0.227 e. The Morgan fingerprint density at radius 3 is 1.07 bits per heavy atom. The van der Waals surface area contributed by atoms with Gasteiger partial charge in [0.2, 0.25) is 5.28 Å². The van der Waals surface area contributed by atoms with Crippen molar-refractivity contribution in [2.24, 2.45) is 0 Å². The second-order valence-corrected chi connectivity index (χ2v) is 34.1. The zero-order valence-electron chi connectivity index (χ0n) is 30.4. The van der Waals surface area contributed by atoms with Crippen LogP contribution in [0.2, 0.25) is 31.9 Å².